The molecular weight excluding hydrogens is 330 g/mol. The first-order valence-corrected chi connectivity index (χ1v) is 7.84. The van der Waals surface area contributed by atoms with Crippen molar-refractivity contribution in [2.75, 3.05) is 44.7 Å². The number of carbonyl (C=O) groups is 2. The van der Waals surface area contributed by atoms with Crippen LogP contribution in [0.3, 0.4) is 0 Å². The van der Waals surface area contributed by atoms with E-state index in [9.17, 15) is 19.7 Å². The number of anilines is 1. The summed E-state index contributed by atoms with van der Waals surface area (Å²) >= 11 is 0. The highest BCUT2D eigenvalue weighted by Crippen LogP contribution is 2.26. The van der Waals surface area contributed by atoms with Gasteiger partial charge in [0.1, 0.15) is 0 Å². The molecule has 9 heteroatoms. The molecule has 1 saturated heterocycles. The molecule has 0 aliphatic carbocycles. The van der Waals surface area contributed by atoms with E-state index in [4.69, 9.17) is 9.84 Å². The second kappa shape index (κ2) is 8.04. The molecule has 1 fully saturated rings. The molecule has 1 aromatic carbocycles. The van der Waals surface area contributed by atoms with E-state index in [-0.39, 0.29) is 29.7 Å². The van der Waals surface area contributed by atoms with Crippen molar-refractivity contribution in [2.24, 2.45) is 0 Å². The maximum atomic E-state index is 11.7. The number of ether oxygens (including phenoxy) is 1. The second-order valence-corrected chi connectivity index (χ2v) is 6.04. The van der Waals surface area contributed by atoms with Gasteiger partial charge in [0.15, 0.2) is 5.78 Å². The Balaban J connectivity index is 2.13. The van der Waals surface area contributed by atoms with Crippen LogP contribution in [0.1, 0.15) is 17.3 Å². The van der Waals surface area contributed by atoms with Gasteiger partial charge in [-0.25, -0.2) is 0 Å². The Bertz CT molecular complexity index is 678. The van der Waals surface area contributed by atoms with E-state index in [1.54, 1.807) is 18.0 Å². The molecule has 0 aromatic heterocycles. The molecule has 1 aliphatic rings. The molecule has 0 bridgehead atoms. The Morgan fingerprint density at radius 1 is 1.48 bits per heavy atom. The second-order valence-electron chi connectivity index (χ2n) is 6.04. The number of likely N-dealkylation sites (N-methyl/N-ethyl adjacent to an activating group) is 1. The quantitative estimate of drug-likeness (QED) is 0.440. The van der Waals surface area contributed by atoms with Crippen molar-refractivity contribution in [3.05, 3.63) is 33.9 Å². The van der Waals surface area contributed by atoms with E-state index >= 15 is 0 Å². The van der Waals surface area contributed by atoms with Gasteiger partial charge in [0.05, 0.1) is 29.7 Å². The Morgan fingerprint density at radius 3 is 2.80 bits per heavy atom. The molecule has 1 aromatic rings. The van der Waals surface area contributed by atoms with E-state index in [0.29, 0.717) is 31.9 Å². The summed E-state index contributed by atoms with van der Waals surface area (Å²) in [5.41, 5.74) is 0.584. The smallest absolute Gasteiger partial charge is 0.317 e. The van der Waals surface area contributed by atoms with Gasteiger partial charge in [0.25, 0.3) is 5.69 Å². The van der Waals surface area contributed by atoms with Crippen LogP contribution >= 0.6 is 0 Å². The van der Waals surface area contributed by atoms with Crippen molar-refractivity contribution >= 4 is 23.1 Å². The fraction of sp³-hybridized carbons (Fsp3) is 0.500. The van der Waals surface area contributed by atoms with Gasteiger partial charge >= 0.3 is 5.97 Å². The van der Waals surface area contributed by atoms with Crippen LogP contribution in [0.25, 0.3) is 0 Å². The Morgan fingerprint density at radius 2 is 2.20 bits per heavy atom. The van der Waals surface area contributed by atoms with Crippen LogP contribution < -0.4 is 4.90 Å². The molecule has 136 valence electrons. The molecule has 1 atom stereocenters. The zero-order valence-electron chi connectivity index (χ0n) is 14.2. The number of nitro groups is 1. The van der Waals surface area contributed by atoms with Gasteiger partial charge in [-0.3, -0.25) is 24.6 Å². The molecule has 0 amide bonds. The predicted octanol–water partition coefficient (Wildman–Crippen LogP) is 1.02. The number of hydrogen-bond donors (Lipinski definition) is 1. The number of carbonyl (C=O) groups excluding carboxylic acids is 1. The molecular formula is C16H21N3O6. The Kier molecular flexibility index (Phi) is 6.05. The molecule has 0 spiro atoms. The summed E-state index contributed by atoms with van der Waals surface area (Å²) in [4.78, 5) is 36.6. The number of morpholine rings is 1. The van der Waals surface area contributed by atoms with Crippen molar-refractivity contribution < 1.29 is 24.4 Å². The van der Waals surface area contributed by atoms with Crippen molar-refractivity contribution in [1.29, 1.82) is 0 Å². The number of nitrogens with zero attached hydrogens (tertiary/aromatic N) is 3. The lowest BCUT2D eigenvalue weighted by molar-refractivity contribution is -0.385. The van der Waals surface area contributed by atoms with Crippen molar-refractivity contribution in [2.45, 2.75) is 13.0 Å². The molecule has 1 aliphatic heterocycles. The molecule has 2 rings (SSSR count). The van der Waals surface area contributed by atoms with Crippen molar-refractivity contribution in [3.8, 4) is 0 Å². The van der Waals surface area contributed by atoms with E-state index in [0.717, 1.165) is 0 Å². The van der Waals surface area contributed by atoms with E-state index in [1.807, 2.05) is 4.90 Å². The highest BCUT2D eigenvalue weighted by Gasteiger charge is 2.25. The fourth-order valence-electron chi connectivity index (χ4n) is 2.87. The largest absolute Gasteiger partial charge is 0.480 e. The first kappa shape index (κ1) is 18.8. The van der Waals surface area contributed by atoms with Gasteiger partial charge in [-0.05, 0) is 26.1 Å². The van der Waals surface area contributed by atoms with E-state index in [2.05, 4.69) is 0 Å². The van der Waals surface area contributed by atoms with Gasteiger partial charge < -0.3 is 14.7 Å². The summed E-state index contributed by atoms with van der Waals surface area (Å²) in [6.45, 7) is 3.24. The molecule has 9 nitrogen and oxygen atoms in total. The number of Topliss-reactive ketones (excluding diaryl/α,β-unsaturated/α-hetero) is 1. The number of ketones is 1. The molecule has 1 heterocycles. The van der Waals surface area contributed by atoms with Gasteiger partial charge in [-0.2, -0.15) is 0 Å². The van der Waals surface area contributed by atoms with Crippen LogP contribution in [0.5, 0.6) is 0 Å². The number of aliphatic carboxylic acids is 1. The summed E-state index contributed by atoms with van der Waals surface area (Å²) < 4.78 is 5.67. The molecule has 0 radical (unpaired) electrons. The molecule has 25 heavy (non-hydrogen) atoms. The average molecular weight is 351 g/mol. The summed E-state index contributed by atoms with van der Waals surface area (Å²) in [5, 5.41) is 19.9. The van der Waals surface area contributed by atoms with Crippen LogP contribution in [-0.4, -0.2) is 72.6 Å². The minimum Gasteiger partial charge on any atom is -0.480 e. The van der Waals surface area contributed by atoms with Gasteiger partial charge in [0.2, 0.25) is 0 Å². The minimum atomic E-state index is -0.906. The topological polar surface area (TPSA) is 113 Å². The third-order valence-electron chi connectivity index (χ3n) is 3.98. The van der Waals surface area contributed by atoms with Gasteiger partial charge in [0, 0.05) is 31.4 Å². The fourth-order valence-corrected chi connectivity index (χ4v) is 2.87. The van der Waals surface area contributed by atoms with E-state index < -0.39 is 10.9 Å². The normalized spacial score (nSPS) is 17.6. The number of rotatable bonds is 7. The predicted molar refractivity (Wildman–Crippen MR) is 90.2 cm³/mol. The van der Waals surface area contributed by atoms with Crippen LogP contribution in [0.4, 0.5) is 11.4 Å². The first-order chi connectivity index (χ1) is 11.8. The number of carboxylic acids is 1. The Labute approximate surface area is 144 Å². The third kappa shape index (κ3) is 4.97. The lowest BCUT2D eigenvalue weighted by Gasteiger charge is -2.36. The van der Waals surface area contributed by atoms with Crippen LogP contribution in [0.2, 0.25) is 0 Å². The standard InChI is InChI=1S/C16H21N3O6/c1-11(20)14-7-12(3-4-15(14)19(23)24)18-5-6-25-13(9-18)8-17(2)10-16(21)22/h3-4,7,13H,5-6,8-10H2,1-2H3,(H,21,22). The molecule has 0 saturated carbocycles. The molecule has 1 unspecified atom stereocenters. The van der Waals surface area contributed by atoms with Crippen LogP contribution in [0.15, 0.2) is 18.2 Å². The lowest BCUT2D eigenvalue weighted by atomic mass is 10.1. The third-order valence-corrected chi connectivity index (χ3v) is 3.98. The zero-order chi connectivity index (χ0) is 18.6. The monoisotopic (exact) mass is 351 g/mol. The summed E-state index contributed by atoms with van der Waals surface area (Å²) in [7, 11) is 1.70. The number of benzene rings is 1. The van der Waals surface area contributed by atoms with Crippen molar-refractivity contribution in [3.63, 3.8) is 0 Å². The lowest BCUT2D eigenvalue weighted by Crippen LogP contribution is -2.47. The van der Waals surface area contributed by atoms with Crippen LogP contribution in [-0.2, 0) is 9.53 Å². The highest BCUT2D eigenvalue weighted by atomic mass is 16.6. The number of carboxylic acid groups (broad SMARTS) is 1. The average Bonchev–Trinajstić information content (AvgIpc) is 2.53. The van der Waals surface area contributed by atoms with Crippen molar-refractivity contribution in [1.82, 2.24) is 4.90 Å². The Hall–Kier alpha value is -2.52. The van der Waals surface area contributed by atoms with Gasteiger partial charge in [-0.15, -0.1) is 0 Å². The van der Waals surface area contributed by atoms with E-state index in [1.165, 1.54) is 19.1 Å². The molecule has 1 N–H and O–H groups in total. The highest BCUT2D eigenvalue weighted by molar-refractivity contribution is 5.99. The summed E-state index contributed by atoms with van der Waals surface area (Å²) in [5.74, 6) is -1.27. The zero-order valence-corrected chi connectivity index (χ0v) is 14.2. The summed E-state index contributed by atoms with van der Waals surface area (Å²) in [6, 6.07) is 4.49. The van der Waals surface area contributed by atoms with Gasteiger partial charge in [-0.1, -0.05) is 0 Å². The summed E-state index contributed by atoms with van der Waals surface area (Å²) in [6.07, 6.45) is -0.186. The number of nitro benzene ring substituents is 1. The van der Waals surface area contributed by atoms with Crippen LogP contribution in [0, 0.1) is 10.1 Å². The minimum absolute atomic E-state index is 0.0773. The maximum absolute atomic E-state index is 11.7. The first-order valence-electron chi connectivity index (χ1n) is 7.84. The SMILES string of the molecule is CC(=O)c1cc(N2CCOC(CN(C)CC(=O)O)C2)ccc1[N+](=O)[O-]. The maximum Gasteiger partial charge on any atom is 0.317 e. The number of hydrogen-bond acceptors (Lipinski definition) is 7.